The Morgan fingerprint density at radius 2 is 2.05 bits per heavy atom. The van der Waals surface area contributed by atoms with Crippen molar-refractivity contribution in [2.45, 2.75) is 13.1 Å². The molecule has 0 spiro atoms. The second-order valence-corrected chi connectivity index (χ2v) is 3.95. The first-order valence-electron chi connectivity index (χ1n) is 5.32. The Bertz CT molecular complexity index is 638. The number of nitrogens with one attached hydrogen (secondary N) is 1. The Hall–Kier alpha value is -2.31. The molecule has 4 nitrogen and oxygen atoms in total. The zero-order chi connectivity index (χ0) is 14.2. The van der Waals surface area contributed by atoms with Gasteiger partial charge in [-0.2, -0.15) is 5.10 Å². The number of aromatic nitrogens is 2. The molecule has 2 aromatic rings. The van der Waals surface area contributed by atoms with Crippen LogP contribution in [0.15, 0.2) is 18.2 Å². The number of hydrogen-bond donors (Lipinski definition) is 2. The number of rotatable bonds is 3. The average Bonchev–Trinajstić information content (AvgIpc) is 2.81. The van der Waals surface area contributed by atoms with Crippen molar-refractivity contribution in [2.24, 2.45) is 0 Å². The third-order valence-corrected chi connectivity index (χ3v) is 2.59. The number of halogens is 3. The second kappa shape index (κ2) is 4.75. The van der Waals surface area contributed by atoms with Gasteiger partial charge in [-0.25, -0.2) is 18.0 Å². The summed E-state index contributed by atoms with van der Waals surface area (Å²) in [7, 11) is 0. The second-order valence-electron chi connectivity index (χ2n) is 3.95. The molecule has 1 unspecified atom stereocenters. The number of carbonyl (C=O) groups is 1. The Labute approximate surface area is 105 Å². The van der Waals surface area contributed by atoms with Gasteiger partial charge in [0.05, 0.1) is 5.69 Å². The standard InChI is InChI=1S/C12H9F3N2O2/c1-5(13)6-2-7(11(15)8(14)3-6)9-4-10(12(18)19)17-16-9/h2-5H,1H3,(H,16,17)(H,18,19). The van der Waals surface area contributed by atoms with E-state index in [9.17, 15) is 18.0 Å². The van der Waals surface area contributed by atoms with Gasteiger partial charge in [-0.3, -0.25) is 5.10 Å². The number of hydrogen-bond acceptors (Lipinski definition) is 2. The van der Waals surface area contributed by atoms with Gasteiger partial charge in [0.1, 0.15) is 11.9 Å². The van der Waals surface area contributed by atoms with Crippen molar-refractivity contribution >= 4 is 5.97 Å². The van der Waals surface area contributed by atoms with Crippen LogP contribution in [0.25, 0.3) is 11.3 Å². The van der Waals surface area contributed by atoms with Crippen LogP contribution in [0.3, 0.4) is 0 Å². The van der Waals surface area contributed by atoms with E-state index in [1.807, 2.05) is 0 Å². The highest BCUT2D eigenvalue weighted by Crippen LogP contribution is 2.28. The van der Waals surface area contributed by atoms with E-state index < -0.39 is 23.8 Å². The molecule has 1 aromatic heterocycles. The summed E-state index contributed by atoms with van der Waals surface area (Å²) in [5.41, 5.74) is -0.707. The molecule has 1 heterocycles. The van der Waals surface area contributed by atoms with Crippen molar-refractivity contribution in [3.05, 3.63) is 41.1 Å². The number of carboxylic acids is 1. The van der Waals surface area contributed by atoms with Crippen LogP contribution in [0.4, 0.5) is 13.2 Å². The summed E-state index contributed by atoms with van der Waals surface area (Å²) < 4.78 is 40.2. The number of aromatic amines is 1. The van der Waals surface area contributed by atoms with E-state index in [-0.39, 0.29) is 22.5 Å². The average molecular weight is 270 g/mol. The highest BCUT2D eigenvalue weighted by atomic mass is 19.2. The fraction of sp³-hybridized carbons (Fsp3) is 0.167. The molecule has 0 fully saturated rings. The molecule has 0 aliphatic rings. The first-order valence-corrected chi connectivity index (χ1v) is 5.32. The van der Waals surface area contributed by atoms with Crippen LogP contribution in [0, 0.1) is 11.6 Å². The molecular formula is C12H9F3N2O2. The van der Waals surface area contributed by atoms with E-state index in [1.54, 1.807) is 0 Å². The van der Waals surface area contributed by atoms with Crippen LogP contribution in [0.5, 0.6) is 0 Å². The summed E-state index contributed by atoms with van der Waals surface area (Å²) in [6, 6.07) is 2.91. The number of benzene rings is 1. The van der Waals surface area contributed by atoms with Gasteiger partial charge >= 0.3 is 5.97 Å². The molecule has 100 valence electrons. The predicted molar refractivity (Wildman–Crippen MR) is 60.4 cm³/mol. The van der Waals surface area contributed by atoms with Crippen molar-refractivity contribution in [3.8, 4) is 11.3 Å². The predicted octanol–water partition coefficient (Wildman–Crippen LogP) is 3.08. The van der Waals surface area contributed by atoms with Crippen LogP contribution in [-0.2, 0) is 0 Å². The number of H-pyrrole nitrogens is 1. The van der Waals surface area contributed by atoms with Crippen LogP contribution in [-0.4, -0.2) is 21.3 Å². The molecule has 0 saturated carbocycles. The Morgan fingerprint density at radius 1 is 1.37 bits per heavy atom. The van der Waals surface area contributed by atoms with Gasteiger partial charge in [0.25, 0.3) is 0 Å². The molecule has 19 heavy (non-hydrogen) atoms. The lowest BCUT2D eigenvalue weighted by molar-refractivity contribution is 0.0690. The van der Waals surface area contributed by atoms with E-state index in [4.69, 9.17) is 5.11 Å². The third-order valence-electron chi connectivity index (χ3n) is 2.59. The summed E-state index contributed by atoms with van der Waals surface area (Å²) in [5, 5.41) is 14.5. The lowest BCUT2D eigenvalue weighted by Crippen LogP contribution is -1.96. The normalized spacial score (nSPS) is 12.4. The maximum atomic E-state index is 13.6. The minimum atomic E-state index is -1.48. The van der Waals surface area contributed by atoms with Crippen molar-refractivity contribution in [3.63, 3.8) is 0 Å². The minimum Gasteiger partial charge on any atom is -0.477 e. The summed E-state index contributed by atoms with van der Waals surface area (Å²) >= 11 is 0. The molecule has 0 aliphatic heterocycles. The molecule has 1 aromatic carbocycles. The molecular weight excluding hydrogens is 261 g/mol. The largest absolute Gasteiger partial charge is 0.477 e. The lowest BCUT2D eigenvalue weighted by atomic mass is 10.0. The monoisotopic (exact) mass is 270 g/mol. The quantitative estimate of drug-likeness (QED) is 0.900. The van der Waals surface area contributed by atoms with Crippen molar-refractivity contribution in [1.82, 2.24) is 10.2 Å². The number of carboxylic acid groups (broad SMARTS) is 1. The summed E-state index contributed by atoms with van der Waals surface area (Å²) in [6.45, 7) is 1.18. The molecule has 0 saturated heterocycles. The summed E-state index contributed by atoms with van der Waals surface area (Å²) in [4.78, 5) is 10.7. The van der Waals surface area contributed by atoms with Gasteiger partial charge < -0.3 is 5.11 Å². The Morgan fingerprint density at radius 3 is 2.58 bits per heavy atom. The van der Waals surface area contributed by atoms with E-state index in [2.05, 4.69) is 10.2 Å². The van der Waals surface area contributed by atoms with E-state index >= 15 is 0 Å². The molecule has 0 amide bonds. The van der Waals surface area contributed by atoms with E-state index in [0.29, 0.717) is 0 Å². The smallest absolute Gasteiger partial charge is 0.353 e. The van der Waals surface area contributed by atoms with Gasteiger partial charge in [-0.1, -0.05) is 0 Å². The van der Waals surface area contributed by atoms with Crippen LogP contribution in [0.2, 0.25) is 0 Å². The number of alkyl halides is 1. The fourth-order valence-corrected chi connectivity index (χ4v) is 1.60. The molecule has 0 bridgehead atoms. The molecule has 1 atom stereocenters. The van der Waals surface area contributed by atoms with Gasteiger partial charge in [0, 0.05) is 5.56 Å². The van der Waals surface area contributed by atoms with E-state index in [0.717, 1.165) is 18.2 Å². The first-order chi connectivity index (χ1) is 8.90. The zero-order valence-electron chi connectivity index (χ0n) is 9.75. The van der Waals surface area contributed by atoms with Gasteiger partial charge in [-0.15, -0.1) is 0 Å². The molecule has 2 N–H and O–H groups in total. The summed E-state index contributed by atoms with van der Waals surface area (Å²) in [6.07, 6.45) is -1.48. The SMILES string of the molecule is CC(F)c1cc(F)c(F)c(-c2cc(C(=O)O)[nH]n2)c1. The van der Waals surface area contributed by atoms with Crippen LogP contribution in [0.1, 0.15) is 29.1 Å². The first kappa shape index (κ1) is 13.1. The topological polar surface area (TPSA) is 66.0 Å². The minimum absolute atomic E-state index is 0.0474. The van der Waals surface area contributed by atoms with Crippen LogP contribution >= 0.6 is 0 Å². The van der Waals surface area contributed by atoms with Crippen molar-refractivity contribution < 1.29 is 23.1 Å². The van der Waals surface area contributed by atoms with Gasteiger partial charge in [-0.05, 0) is 30.7 Å². The summed E-state index contributed by atoms with van der Waals surface area (Å²) in [5.74, 6) is -3.70. The Kier molecular flexibility index (Phi) is 3.28. The van der Waals surface area contributed by atoms with Gasteiger partial charge in [0.2, 0.25) is 0 Å². The van der Waals surface area contributed by atoms with Gasteiger partial charge in [0.15, 0.2) is 11.6 Å². The molecule has 0 aliphatic carbocycles. The molecule has 7 heteroatoms. The lowest BCUT2D eigenvalue weighted by Gasteiger charge is -2.07. The third kappa shape index (κ3) is 2.44. The Balaban J connectivity index is 2.56. The van der Waals surface area contributed by atoms with E-state index in [1.165, 1.54) is 6.92 Å². The maximum Gasteiger partial charge on any atom is 0.353 e. The molecule has 0 radical (unpaired) electrons. The number of nitrogens with zero attached hydrogens (tertiary/aromatic N) is 1. The van der Waals surface area contributed by atoms with Crippen molar-refractivity contribution in [2.75, 3.05) is 0 Å². The zero-order valence-corrected chi connectivity index (χ0v) is 9.75. The van der Waals surface area contributed by atoms with Crippen molar-refractivity contribution in [1.29, 1.82) is 0 Å². The highest BCUT2D eigenvalue weighted by Gasteiger charge is 2.18. The fourth-order valence-electron chi connectivity index (χ4n) is 1.60. The molecule has 2 rings (SSSR count). The maximum absolute atomic E-state index is 13.6. The van der Waals surface area contributed by atoms with Crippen LogP contribution < -0.4 is 0 Å². The highest BCUT2D eigenvalue weighted by molar-refractivity contribution is 5.86. The number of aromatic carboxylic acids is 1.